The molecule has 2 atom stereocenters. The van der Waals surface area contributed by atoms with Crippen LogP contribution in [-0.2, 0) is 20.8 Å². The zero-order valence-corrected chi connectivity index (χ0v) is 15.5. The van der Waals surface area contributed by atoms with Gasteiger partial charge in [-0.1, -0.05) is 44.2 Å². The van der Waals surface area contributed by atoms with Gasteiger partial charge in [-0.05, 0) is 37.3 Å². The van der Waals surface area contributed by atoms with Crippen molar-refractivity contribution in [3.05, 3.63) is 35.9 Å². The second-order valence-electron chi connectivity index (χ2n) is 6.81. The van der Waals surface area contributed by atoms with E-state index in [0.717, 1.165) is 5.56 Å². The van der Waals surface area contributed by atoms with E-state index in [0.29, 0.717) is 25.8 Å². The van der Waals surface area contributed by atoms with Crippen LogP contribution in [0.25, 0.3) is 0 Å². The summed E-state index contributed by atoms with van der Waals surface area (Å²) in [5.41, 5.74) is 11.8. The number of hydrogen-bond donors (Lipinski definition) is 4. The fraction of sp³-hybridized carbons (Fsp3) is 0.526. The smallest absolute Gasteiger partial charge is 0.243 e. The Morgan fingerprint density at radius 2 is 1.69 bits per heavy atom. The van der Waals surface area contributed by atoms with Crippen LogP contribution in [0.3, 0.4) is 0 Å². The van der Waals surface area contributed by atoms with Crippen LogP contribution in [0.1, 0.15) is 38.7 Å². The molecule has 3 amide bonds. The number of carbonyl (C=O) groups is 3. The maximum atomic E-state index is 12.6. The molecule has 0 aliphatic carbocycles. The third-order valence-corrected chi connectivity index (χ3v) is 3.92. The van der Waals surface area contributed by atoms with Crippen molar-refractivity contribution in [3.63, 3.8) is 0 Å². The van der Waals surface area contributed by atoms with Gasteiger partial charge in [0.15, 0.2) is 0 Å². The molecular weight excluding hydrogens is 332 g/mol. The Bertz CT molecular complexity index is 590. The molecule has 0 spiro atoms. The van der Waals surface area contributed by atoms with Crippen LogP contribution in [0.15, 0.2) is 30.3 Å². The summed E-state index contributed by atoms with van der Waals surface area (Å²) in [5.74, 6) is -1.06. The predicted octanol–water partition coefficient (Wildman–Crippen LogP) is 0.469. The SMILES string of the molecule is CC(C)CC(NC(=O)C(CCCN)NC(=O)Cc1ccccc1)C(N)=O. The first-order valence-corrected chi connectivity index (χ1v) is 8.96. The molecule has 0 bridgehead atoms. The van der Waals surface area contributed by atoms with E-state index in [4.69, 9.17) is 11.5 Å². The Morgan fingerprint density at radius 1 is 1.04 bits per heavy atom. The lowest BCUT2D eigenvalue weighted by atomic mass is 10.0. The molecular formula is C19H30N4O3. The van der Waals surface area contributed by atoms with Gasteiger partial charge in [0.2, 0.25) is 17.7 Å². The number of benzene rings is 1. The number of primary amides is 1. The molecule has 0 aromatic heterocycles. The average Bonchev–Trinajstić information content (AvgIpc) is 2.58. The maximum Gasteiger partial charge on any atom is 0.243 e. The number of nitrogens with two attached hydrogens (primary N) is 2. The van der Waals surface area contributed by atoms with E-state index in [2.05, 4.69) is 10.6 Å². The van der Waals surface area contributed by atoms with Crippen LogP contribution >= 0.6 is 0 Å². The maximum absolute atomic E-state index is 12.6. The third kappa shape index (κ3) is 8.11. The predicted molar refractivity (Wildman–Crippen MR) is 101 cm³/mol. The highest BCUT2D eigenvalue weighted by Gasteiger charge is 2.25. The van der Waals surface area contributed by atoms with Crippen molar-refractivity contribution in [2.24, 2.45) is 17.4 Å². The zero-order chi connectivity index (χ0) is 19.5. The van der Waals surface area contributed by atoms with Gasteiger partial charge in [0, 0.05) is 0 Å². The molecule has 0 fully saturated rings. The molecule has 26 heavy (non-hydrogen) atoms. The second kappa shape index (κ2) is 11.3. The van der Waals surface area contributed by atoms with Crippen molar-refractivity contribution in [3.8, 4) is 0 Å². The average molecular weight is 362 g/mol. The van der Waals surface area contributed by atoms with Gasteiger partial charge in [-0.25, -0.2) is 0 Å². The molecule has 0 saturated carbocycles. The monoisotopic (exact) mass is 362 g/mol. The van der Waals surface area contributed by atoms with E-state index in [1.807, 2.05) is 44.2 Å². The molecule has 0 saturated heterocycles. The van der Waals surface area contributed by atoms with E-state index < -0.39 is 23.9 Å². The molecule has 7 heteroatoms. The molecule has 1 aromatic rings. The van der Waals surface area contributed by atoms with Crippen molar-refractivity contribution >= 4 is 17.7 Å². The minimum atomic E-state index is -0.756. The van der Waals surface area contributed by atoms with Gasteiger partial charge in [-0.2, -0.15) is 0 Å². The summed E-state index contributed by atoms with van der Waals surface area (Å²) in [6.45, 7) is 4.29. The first-order chi connectivity index (χ1) is 12.3. The molecule has 0 aliphatic rings. The van der Waals surface area contributed by atoms with Crippen molar-refractivity contribution in [1.82, 2.24) is 10.6 Å². The van der Waals surface area contributed by atoms with Crippen molar-refractivity contribution in [2.45, 2.75) is 51.6 Å². The lowest BCUT2D eigenvalue weighted by molar-refractivity contribution is -0.131. The minimum Gasteiger partial charge on any atom is -0.368 e. The summed E-state index contributed by atoms with van der Waals surface area (Å²) in [6, 6.07) is 7.77. The molecule has 0 heterocycles. The van der Waals surface area contributed by atoms with Crippen molar-refractivity contribution in [2.75, 3.05) is 6.54 Å². The lowest BCUT2D eigenvalue weighted by Crippen LogP contribution is -2.53. The Kier molecular flexibility index (Phi) is 9.36. The highest BCUT2D eigenvalue weighted by Crippen LogP contribution is 2.06. The minimum absolute atomic E-state index is 0.179. The molecule has 0 radical (unpaired) electrons. The Balaban J connectivity index is 2.72. The fourth-order valence-corrected chi connectivity index (χ4v) is 2.61. The first kappa shape index (κ1) is 21.6. The number of carbonyl (C=O) groups excluding carboxylic acids is 3. The zero-order valence-electron chi connectivity index (χ0n) is 15.5. The van der Waals surface area contributed by atoms with Crippen LogP contribution in [-0.4, -0.2) is 36.3 Å². The van der Waals surface area contributed by atoms with Gasteiger partial charge in [-0.3, -0.25) is 14.4 Å². The van der Waals surface area contributed by atoms with E-state index in [1.54, 1.807) is 0 Å². The summed E-state index contributed by atoms with van der Waals surface area (Å²) >= 11 is 0. The van der Waals surface area contributed by atoms with Crippen molar-refractivity contribution in [1.29, 1.82) is 0 Å². The largest absolute Gasteiger partial charge is 0.368 e. The summed E-state index contributed by atoms with van der Waals surface area (Å²) in [5, 5.41) is 5.40. The van der Waals surface area contributed by atoms with Gasteiger partial charge >= 0.3 is 0 Å². The van der Waals surface area contributed by atoms with E-state index in [9.17, 15) is 14.4 Å². The standard InChI is InChI=1S/C19H30N4O3/c1-13(2)11-16(18(21)25)23-19(26)15(9-6-10-20)22-17(24)12-14-7-4-3-5-8-14/h3-5,7-8,13,15-16H,6,9-12,20H2,1-2H3,(H2,21,25)(H,22,24)(H,23,26). The molecule has 6 N–H and O–H groups in total. The number of nitrogens with one attached hydrogen (secondary N) is 2. The number of hydrogen-bond acceptors (Lipinski definition) is 4. The van der Waals surface area contributed by atoms with E-state index in [-0.39, 0.29) is 18.2 Å². The highest BCUT2D eigenvalue weighted by molar-refractivity contribution is 5.91. The Labute approximate surface area is 154 Å². The normalized spacial score (nSPS) is 13.1. The summed E-state index contributed by atoms with van der Waals surface area (Å²) in [7, 11) is 0. The molecule has 1 rings (SSSR count). The topological polar surface area (TPSA) is 127 Å². The molecule has 144 valence electrons. The van der Waals surface area contributed by atoms with Crippen LogP contribution < -0.4 is 22.1 Å². The fourth-order valence-electron chi connectivity index (χ4n) is 2.61. The van der Waals surface area contributed by atoms with Crippen LogP contribution in [0.4, 0.5) is 0 Å². The van der Waals surface area contributed by atoms with Gasteiger partial charge < -0.3 is 22.1 Å². The quantitative estimate of drug-likeness (QED) is 0.456. The van der Waals surface area contributed by atoms with Gasteiger partial charge in [0.25, 0.3) is 0 Å². The van der Waals surface area contributed by atoms with Crippen LogP contribution in [0.5, 0.6) is 0 Å². The lowest BCUT2D eigenvalue weighted by Gasteiger charge is -2.23. The Hall–Kier alpha value is -2.41. The number of rotatable bonds is 11. The third-order valence-electron chi connectivity index (χ3n) is 3.92. The first-order valence-electron chi connectivity index (χ1n) is 8.96. The number of amides is 3. The Morgan fingerprint density at radius 3 is 2.23 bits per heavy atom. The van der Waals surface area contributed by atoms with Crippen molar-refractivity contribution < 1.29 is 14.4 Å². The summed E-state index contributed by atoms with van der Waals surface area (Å²) < 4.78 is 0. The van der Waals surface area contributed by atoms with E-state index >= 15 is 0 Å². The second-order valence-corrected chi connectivity index (χ2v) is 6.81. The van der Waals surface area contributed by atoms with E-state index in [1.165, 1.54) is 0 Å². The summed E-state index contributed by atoms with van der Waals surface area (Å²) in [4.78, 5) is 36.4. The van der Waals surface area contributed by atoms with Crippen LogP contribution in [0, 0.1) is 5.92 Å². The molecule has 2 unspecified atom stereocenters. The van der Waals surface area contributed by atoms with Gasteiger partial charge in [-0.15, -0.1) is 0 Å². The van der Waals surface area contributed by atoms with Gasteiger partial charge in [0.1, 0.15) is 12.1 Å². The summed E-state index contributed by atoms with van der Waals surface area (Å²) in [6.07, 6.45) is 1.60. The highest BCUT2D eigenvalue weighted by atomic mass is 16.2. The molecule has 7 nitrogen and oxygen atoms in total. The molecule has 0 aliphatic heterocycles. The van der Waals surface area contributed by atoms with Gasteiger partial charge in [0.05, 0.1) is 6.42 Å². The van der Waals surface area contributed by atoms with Crippen LogP contribution in [0.2, 0.25) is 0 Å². The molecule has 1 aromatic carbocycles.